The Bertz CT molecular complexity index is 2080. The van der Waals surface area contributed by atoms with Gasteiger partial charge in [0.05, 0.1) is 39.6 Å². The zero-order valence-electron chi connectivity index (χ0n) is 30.2. The van der Waals surface area contributed by atoms with Crippen LogP contribution in [-0.4, -0.2) is 83.7 Å². The van der Waals surface area contributed by atoms with E-state index in [4.69, 9.17) is 56.8 Å². The minimum Gasteiger partial charge on any atom is -0.493 e. The standard InChI is InChI=1S/C40H38O15/c1-5-14-47-40(43)53-31-20-50-38(36(55-39(42)46-6-2)35(31)48-18-22-10-8-7-9-11-22)54-34-25-17-29(45-4)28(44-3)16-24(25)32(33-26(34)19-49-37(33)41)23-12-13-27-30(15-23)52-21-51-27/h5,7-13,15-17,31,35-36,38H,1,6,14,18-21H2,2-4H3/t31-,35+,36-,38?/m1/s1. The van der Waals surface area contributed by atoms with E-state index in [9.17, 15) is 14.4 Å². The molecule has 4 aromatic rings. The number of hydrogen-bond acceptors (Lipinski definition) is 15. The summed E-state index contributed by atoms with van der Waals surface area (Å²) in [5.74, 6) is 1.39. The topological polar surface area (TPSA) is 162 Å². The molecule has 4 aromatic carbocycles. The third-order valence-electron chi connectivity index (χ3n) is 9.04. The summed E-state index contributed by atoms with van der Waals surface area (Å²) in [7, 11) is 2.99. The first-order chi connectivity index (χ1) is 26.8. The van der Waals surface area contributed by atoms with Crippen molar-refractivity contribution in [1.29, 1.82) is 0 Å². The summed E-state index contributed by atoms with van der Waals surface area (Å²) >= 11 is 0. The molecule has 4 atom stereocenters. The number of benzene rings is 4. The van der Waals surface area contributed by atoms with Gasteiger partial charge in [0.1, 0.15) is 25.1 Å². The molecule has 3 aliphatic heterocycles. The van der Waals surface area contributed by atoms with Gasteiger partial charge < -0.3 is 56.8 Å². The summed E-state index contributed by atoms with van der Waals surface area (Å²) in [6.07, 6.45) is -5.78. The first kappa shape index (κ1) is 37.1. The molecule has 55 heavy (non-hydrogen) atoms. The molecular formula is C40H38O15. The molecule has 0 saturated carbocycles. The van der Waals surface area contributed by atoms with Crippen LogP contribution in [0.3, 0.4) is 0 Å². The van der Waals surface area contributed by atoms with Crippen molar-refractivity contribution in [1.82, 2.24) is 0 Å². The van der Waals surface area contributed by atoms with E-state index >= 15 is 0 Å². The van der Waals surface area contributed by atoms with Gasteiger partial charge in [0, 0.05) is 16.5 Å². The van der Waals surface area contributed by atoms with E-state index in [1.165, 1.54) is 20.3 Å². The van der Waals surface area contributed by atoms with E-state index in [2.05, 4.69) is 6.58 Å². The van der Waals surface area contributed by atoms with Gasteiger partial charge in [-0.25, -0.2) is 14.4 Å². The summed E-state index contributed by atoms with van der Waals surface area (Å²) in [4.78, 5) is 39.3. The van der Waals surface area contributed by atoms with E-state index < -0.39 is 42.9 Å². The van der Waals surface area contributed by atoms with Crippen LogP contribution in [0.4, 0.5) is 9.59 Å². The monoisotopic (exact) mass is 758 g/mol. The fourth-order valence-corrected chi connectivity index (χ4v) is 6.60. The molecule has 288 valence electrons. The van der Waals surface area contributed by atoms with Crippen molar-refractivity contribution >= 4 is 29.1 Å². The quantitative estimate of drug-likeness (QED) is 0.0825. The van der Waals surface area contributed by atoms with Gasteiger partial charge in [-0.1, -0.05) is 49.1 Å². The van der Waals surface area contributed by atoms with E-state index in [-0.39, 0.29) is 51.1 Å². The Morgan fingerprint density at radius 2 is 1.60 bits per heavy atom. The molecule has 15 nitrogen and oxygen atoms in total. The van der Waals surface area contributed by atoms with E-state index in [1.807, 2.05) is 36.4 Å². The normalized spacial score (nSPS) is 19.5. The number of rotatable bonds is 13. The fourth-order valence-electron chi connectivity index (χ4n) is 6.60. The van der Waals surface area contributed by atoms with Crippen molar-refractivity contribution in [2.24, 2.45) is 0 Å². The van der Waals surface area contributed by atoms with Crippen molar-refractivity contribution < 1.29 is 71.2 Å². The Kier molecular flexibility index (Phi) is 11.1. The van der Waals surface area contributed by atoms with Gasteiger partial charge in [0.15, 0.2) is 35.2 Å². The van der Waals surface area contributed by atoms with E-state index in [0.29, 0.717) is 50.5 Å². The molecule has 0 bridgehead atoms. The number of carbonyl (C=O) groups excluding carboxylic acids is 3. The molecule has 0 N–H and O–H groups in total. The first-order valence-corrected chi connectivity index (χ1v) is 17.4. The molecular weight excluding hydrogens is 720 g/mol. The predicted octanol–water partition coefficient (Wildman–Crippen LogP) is 6.49. The molecule has 1 fully saturated rings. The minimum atomic E-state index is -1.40. The Morgan fingerprint density at radius 3 is 2.35 bits per heavy atom. The van der Waals surface area contributed by atoms with Crippen LogP contribution in [0.5, 0.6) is 28.7 Å². The van der Waals surface area contributed by atoms with Crippen LogP contribution in [0, 0.1) is 0 Å². The maximum atomic E-state index is 13.6. The highest BCUT2D eigenvalue weighted by Gasteiger charge is 2.49. The maximum Gasteiger partial charge on any atom is 0.509 e. The average molecular weight is 759 g/mol. The number of methoxy groups -OCH3 is 2. The van der Waals surface area contributed by atoms with Crippen molar-refractivity contribution in [2.75, 3.05) is 40.8 Å². The zero-order valence-corrected chi connectivity index (χ0v) is 30.2. The lowest BCUT2D eigenvalue weighted by atomic mass is 9.89. The second-order valence-electron chi connectivity index (χ2n) is 12.3. The molecule has 1 unspecified atom stereocenters. The summed E-state index contributed by atoms with van der Waals surface area (Å²) < 4.78 is 69.1. The van der Waals surface area contributed by atoms with Crippen LogP contribution in [-0.2, 0) is 46.4 Å². The van der Waals surface area contributed by atoms with Crippen LogP contribution in [0.2, 0.25) is 0 Å². The maximum absolute atomic E-state index is 13.6. The summed E-state index contributed by atoms with van der Waals surface area (Å²) in [6.45, 7) is 4.74. The lowest BCUT2D eigenvalue weighted by Gasteiger charge is -2.40. The zero-order chi connectivity index (χ0) is 38.5. The third kappa shape index (κ3) is 7.61. The SMILES string of the molecule is C=CCOC(=O)O[C@@H]1COC(Oc2c3c(c(-c4ccc5c(c4)OCO5)c4cc(OC)c(OC)cc24)C(=O)OC3)[C@H](OC(=O)OCC)[C@H]1OCc1ccccc1. The van der Waals surface area contributed by atoms with E-state index in [0.717, 1.165) is 5.56 Å². The van der Waals surface area contributed by atoms with Crippen LogP contribution in [0.25, 0.3) is 21.9 Å². The molecule has 15 heteroatoms. The molecule has 0 spiro atoms. The highest BCUT2D eigenvalue weighted by molar-refractivity contribution is 6.14. The number of carbonyl (C=O) groups is 3. The summed E-state index contributed by atoms with van der Waals surface area (Å²) in [5.41, 5.74) is 2.57. The number of ether oxygens (including phenoxy) is 12. The molecule has 0 radical (unpaired) electrons. The van der Waals surface area contributed by atoms with Crippen molar-refractivity contribution in [3.05, 3.63) is 90.0 Å². The van der Waals surface area contributed by atoms with Gasteiger partial charge in [0.25, 0.3) is 0 Å². The highest BCUT2D eigenvalue weighted by atomic mass is 16.8. The largest absolute Gasteiger partial charge is 0.509 e. The van der Waals surface area contributed by atoms with Gasteiger partial charge in [-0.3, -0.25) is 0 Å². The lowest BCUT2D eigenvalue weighted by molar-refractivity contribution is -0.258. The van der Waals surface area contributed by atoms with Gasteiger partial charge in [-0.15, -0.1) is 0 Å². The highest BCUT2D eigenvalue weighted by Crippen LogP contribution is 2.50. The third-order valence-corrected chi connectivity index (χ3v) is 9.04. The number of hydrogen-bond donors (Lipinski definition) is 0. The number of esters is 1. The van der Waals surface area contributed by atoms with Gasteiger partial charge in [0.2, 0.25) is 13.1 Å². The van der Waals surface area contributed by atoms with Crippen molar-refractivity contribution in [2.45, 2.75) is 44.7 Å². The van der Waals surface area contributed by atoms with Gasteiger partial charge in [-0.2, -0.15) is 0 Å². The molecule has 3 aliphatic rings. The second kappa shape index (κ2) is 16.4. The first-order valence-electron chi connectivity index (χ1n) is 17.4. The molecule has 0 amide bonds. The Balaban J connectivity index is 1.35. The Morgan fingerprint density at radius 1 is 0.855 bits per heavy atom. The van der Waals surface area contributed by atoms with Gasteiger partial charge in [-0.05, 0) is 47.7 Å². The predicted molar refractivity (Wildman–Crippen MR) is 191 cm³/mol. The molecule has 7 rings (SSSR count). The number of cyclic esters (lactones) is 1. The molecule has 3 heterocycles. The number of fused-ring (bicyclic) bond motifs is 3. The van der Waals surface area contributed by atoms with Crippen LogP contribution >= 0.6 is 0 Å². The van der Waals surface area contributed by atoms with Crippen LogP contribution < -0.4 is 23.7 Å². The molecule has 0 aliphatic carbocycles. The average Bonchev–Trinajstić information content (AvgIpc) is 3.83. The van der Waals surface area contributed by atoms with Gasteiger partial charge >= 0.3 is 18.3 Å². The minimum absolute atomic E-state index is 0.00181. The van der Waals surface area contributed by atoms with Crippen LogP contribution in [0.1, 0.15) is 28.4 Å². The summed E-state index contributed by atoms with van der Waals surface area (Å²) in [5, 5.41) is 1.01. The Labute approximate surface area is 315 Å². The van der Waals surface area contributed by atoms with Crippen LogP contribution in [0.15, 0.2) is 73.3 Å². The summed E-state index contributed by atoms with van der Waals surface area (Å²) in [6, 6.07) is 18.0. The van der Waals surface area contributed by atoms with Crippen molar-refractivity contribution in [3.8, 4) is 39.9 Å². The molecule has 0 aromatic heterocycles. The second-order valence-corrected chi connectivity index (χ2v) is 12.3. The Hall–Kier alpha value is -6.19. The van der Waals surface area contributed by atoms with E-state index in [1.54, 1.807) is 31.2 Å². The smallest absolute Gasteiger partial charge is 0.493 e. The molecule has 1 saturated heterocycles. The van der Waals surface area contributed by atoms with Crippen molar-refractivity contribution in [3.63, 3.8) is 0 Å². The lowest BCUT2D eigenvalue weighted by Crippen LogP contribution is -2.58. The fraction of sp³-hybridized carbons (Fsp3) is 0.325.